The molecule has 0 heterocycles. The molecule has 0 radical (unpaired) electrons. The van der Waals surface area contributed by atoms with Crippen molar-refractivity contribution >= 4 is 0 Å². The van der Waals surface area contributed by atoms with Gasteiger partial charge in [0.25, 0.3) is 0 Å². The predicted molar refractivity (Wildman–Crippen MR) is 90.8 cm³/mol. The van der Waals surface area contributed by atoms with Gasteiger partial charge in [0.05, 0.1) is 7.11 Å². The van der Waals surface area contributed by atoms with Crippen LogP contribution in [0, 0.1) is 13.8 Å². The van der Waals surface area contributed by atoms with E-state index in [0.29, 0.717) is 0 Å². The zero-order chi connectivity index (χ0) is 15.2. The number of unbranched alkanes of at least 4 members (excludes halogenated alkanes) is 7. The predicted octanol–water partition coefficient (Wildman–Crippen LogP) is 6.46. The van der Waals surface area contributed by atoms with Gasteiger partial charge in [-0.15, -0.1) is 0 Å². The summed E-state index contributed by atoms with van der Waals surface area (Å²) in [5, 5.41) is 0. The highest BCUT2D eigenvalue weighted by atomic mass is 16.5. The van der Waals surface area contributed by atoms with Crippen LogP contribution in [0.25, 0.3) is 0 Å². The fourth-order valence-electron chi connectivity index (χ4n) is 2.13. The van der Waals surface area contributed by atoms with E-state index in [2.05, 4.69) is 32.9 Å². The van der Waals surface area contributed by atoms with Gasteiger partial charge in [-0.3, -0.25) is 0 Å². The molecule has 1 aromatic rings. The summed E-state index contributed by atoms with van der Waals surface area (Å²) in [6, 6.07) is 6.18. The standard InChI is InChI=1S/C10H22.C9H12O/c1-3-5-7-9-10-8-6-4-2;1-7-4-5-8(2)9(6-7)10-3/h3-10H2,1-2H3;4-6H,1-3H3. The molecular formula is C19H34O. The third-order valence-corrected chi connectivity index (χ3v) is 3.52. The van der Waals surface area contributed by atoms with Gasteiger partial charge in [-0.25, -0.2) is 0 Å². The normalized spacial score (nSPS) is 9.85. The monoisotopic (exact) mass is 278 g/mol. The van der Waals surface area contributed by atoms with Crippen molar-refractivity contribution in [2.75, 3.05) is 7.11 Å². The summed E-state index contributed by atoms with van der Waals surface area (Å²) in [7, 11) is 1.70. The second-order valence-electron chi connectivity index (χ2n) is 5.59. The van der Waals surface area contributed by atoms with Crippen LogP contribution < -0.4 is 4.74 Å². The molecule has 0 saturated carbocycles. The maximum absolute atomic E-state index is 5.13. The highest BCUT2D eigenvalue weighted by Crippen LogP contribution is 2.17. The number of hydrogen-bond acceptors (Lipinski definition) is 1. The van der Waals surface area contributed by atoms with Gasteiger partial charge in [0.1, 0.15) is 5.75 Å². The van der Waals surface area contributed by atoms with Gasteiger partial charge in [-0.05, 0) is 31.0 Å². The van der Waals surface area contributed by atoms with Crippen LogP contribution in [0.15, 0.2) is 18.2 Å². The van der Waals surface area contributed by atoms with Crippen molar-refractivity contribution in [2.24, 2.45) is 0 Å². The zero-order valence-corrected chi connectivity index (χ0v) is 14.3. The third kappa shape index (κ3) is 9.89. The zero-order valence-electron chi connectivity index (χ0n) is 14.3. The molecule has 0 aliphatic heterocycles. The first-order chi connectivity index (χ1) is 9.65. The lowest BCUT2D eigenvalue weighted by molar-refractivity contribution is 0.411. The molecule has 0 spiro atoms. The van der Waals surface area contributed by atoms with Crippen LogP contribution in [-0.4, -0.2) is 7.11 Å². The highest BCUT2D eigenvalue weighted by Gasteiger charge is 1.95. The number of benzene rings is 1. The fourth-order valence-corrected chi connectivity index (χ4v) is 2.13. The molecule has 0 aliphatic rings. The number of ether oxygens (including phenoxy) is 1. The largest absolute Gasteiger partial charge is 0.496 e. The Hall–Kier alpha value is -0.980. The van der Waals surface area contributed by atoms with E-state index in [9.17, 15) is 0 Å². The summed E-state index contributed by atoms with van der Waals surface area (Å²) in [5.41, 5.74) is 2.43. The van der Waals surface area contributed by atoms with E-state index in [0.717, 1.165) is 5.75 Å². The molecule has 0 N–H and O–H groups in total. The number of methoxy groups -OCH3 is 1. The van der Waals surface area contributed by atoms with Crippen LogP contribution in [-0.2, 0) is 0 Å². The van der Waals surface area contributed by atoms with Gasteiger partial charge in [0, 0.05) is 0 Å². The van der Waals surface area contributed by atoms with Crippen molar-refractivity contribution in [3.63, 3.8) is 0 Å². The lowest BCUT2D eigenvalue weighted by Gasteiger charge is -2.03. The Balaban J connectivity index is 0.000000361. The average Bonchev–Trinajstić information content (AvgIpc) is 2.46. The maximum Gasteiger partial charge on any atom is 0.122 e. The highest BCUT2D eigenvalue weighted by molar-refractivity contribution is 5.35. The van der Waals surface area contributed by atoms with Crippen molar-refractivity contribution in [3.05, 3.63) is 29.3 Å². The van der Waals surface area contributed by atoms with Gasteiger partial charge < -0.3 is 4.74 Å². The molecule has 1 nitrogen and oxygen atoms in total. The van der Waals surface area contributed by atoms with Crippen molar-refractivity contribution < 1.29 is 4.74 Å². The van der Waals surface area contributed by atoms with Crippen LogP contribution in [0.1, 0.15) is 76.3 Å². The van der Waals surface area contributed by atoms with Crippen molar-refractivity contribution in [1.82, 2.24) is 0 Å². The fraction of sp³-hybridized carbons (Fsp3) is 0.684. The van der Waals surface area contributed by atoms with E-state index >= 15 is 0 Å². The van der Waals surface area contributed by atoms with E-state index in [4.69, 9.17) is 4.74 Å². The van der Waals surface area contributed by atoms with E-state index < -0.39 is 0 Å². The summed E-state index contributed by atoms with van der Waals surface area (Å²) < 4.78 is 5.13. The first kappa shape index (κ1) is 19.0. The minimum atomic E-state index is 0.972. The van der Waals surface area contributed by atoms with Gasteiger partial charge in [0.2, 0.25) is 0 Å². The molecule has 0 fully saturated rings. The topological polar surface area (TPSA) is 9.23 Å². The second-order valence-corrected chi connectivity index (χ2v) is 5.59. The SMILES string of the molecule is CCCCCCCCCC.COc1cc(C)ccc1C. The average molecular weight is 278 g/mol. The second kappa shape index (κ2) is 13.0. The molecule has 1 aromatic carbocycles. The molecule has 1 heteroatoms. The summed E-state index contributed by atoms with van der Waals surface area (Å²) in [6.07, 6.45) is 11.5. The van der Waals surface area contributed by atoms with Crippen molar-refractivity contribution in [1.29, 1.82) is 0 Å². The molecule has 0 amide bonds. The summed E-state index contributed by atoms with van der Waals surface area (Å²) in [5.74, 6) is 0.972. The Morgan fingerprint density at radius 3 is 1.70 bits per heavy atom. The summed E-state index contributed by atoms with van der Waals surface area (Å²) in [6.45, 7) is 8.64. The molecule has 116 valence electrons. The van der Waals surface area contributed by atoms with Gasteiger partial charge in [-0.2, -0.15) is 0 Å². The molecule has 0 aliphatic carbocycles. The van der Waals surface area contributed by atoms with Gasteiger partial charge in [0.15, 0.2) is 0 Å². The Morgan fingerprint density at radius 1 is 0.800 bits per heavy atom. The van der Waals surface area contributed by atoms with Crippen LogP contribution in [0.2, 0.25) is 0 Å². The van der Waals surface area contributed by atoms with Crippen molar-refractivity contribution in [2.45, 2.75) is 79.1 Å². The third-order valence-electron chi connectivity index (χ3n) is 3.52. The minimum absolute atomic E-state index is 0.972. The number of hydrogen-bond donors (Lipinski definition) is 0. The number of aryl methyl sites for hydroxylation is 2. The summed E-state index contributed by atoms with van der Waals surface area (Å²) in [4.78, 5) is 0. The quantitative estimate of drug-likeness (QED) is 0.496. The van der Waals surface area contributed by atoms with Crippen LogP contribution in [0.4, 0.5) is 0 Å². The van der Waals surface area contributed by atoms with Gasteiger partial charge in [-0.1, -0.05) is 77.3 Å². The van der Waals surface area contributed by atoms with Crippen LogP contribution in [0.3, 0.4) is 0 Å². The first-order valence-corrected chi connectivity index (χ1v) is 8.26. The molecular weight excluding hydrogens is 244 g/mol. The molecule has 0 saturated heterocycles. The Morgan fingerprint density at radius 2 is 1.30 bits per heavy atom. The molecule has 0 atom stereocenters. The molecule has 0 aromatic heterocycles. The lowest BCUT2D eigenvalue weighted by Crippen LogP contribution is -1.86. The number of rotatable bonds is 8. The van der Waals surface area contributed by atoms with Crippen LogP contribution in [0.5, 0.6) is 5.75 Å². The Labute approximate surface area is 126 Å². The van der Waals surface area contributed by atoms with Crippen molar-refractivity contribution in [3.8, 4) is 5.75 Å². The van der Waals surface area contributed by atoms with E-state index in [-0.39, 0.29) is 0 Å². The Kier molecular flexibility index (Phi) is 12.4. The molecule has 0 unspecified atom stereocenters. The van der Waals surface area contributed by atoms with Gasteiger partial charge >= 0.3 is 0 Å². The van der Waals surface area contributed by atoms with E-state index in [1.54, 1.807) is 7.11 Å². The minimum Gasteiger partial charge on any atom is -0.496 e. The molecule has 1 rings (SSSR count). The first-order valence-electron chi connectivity index (χ1n) is 8.26. The lowest BCUT2D eigenvalue weighted by atomic mass is 10.1. The Bertz CT molecular complexity index is 323. The van der Waals surface area contributed by atoms with E-state index in [1.165, 1.54) is 62.5 Å². The maximum atomic E-state index is 5.13. The molecule has 20 heavy (non-hydrogen) atoms. The summed E-state index contributed by atoms with van der Waals surface area (Å²) >= 11 is 0. The van der Waals surface area contributed by atoms with E-state index in [1.807, 2.05) is 13.0 Å². The smallest absolute Gasteiger partial charge is 0.122 e. The molecule has 0 bridgehead atoms. The van der Waals surface area contributed by atoms with Crippen LogP contribution >= 0.6 is 0 Å².